The molecule has 2 unspecified atom stereocenters. The molecule has 0 saturated carbocycles. The molecule has 0 saturated heterocycles. The van der Waals surface area contributed by atoms with Gasteiger partial charge in [0, 0.05) is 0 Å². The molecule has 3 N–H and O–H groups in total. The lowest BCUT2D eigenvalue weighted by atomic mass is 9.89. The minimum Gasteiger partial charge on any atom is -0.468 e. The molecular weight excluding hydrogens is 170 g/mol. The maximum absolute atomic E-state index is 11.3. The van der Waals surface area contributed by atoms with E-state index >= 15 is 0 Å². The summed E-state index contributed by atoms with van der Waals surface area (Å²) in [5.41, 5.74) is 4.52. The Balaban J connectivity index is 2.84. The van der Waals surface area contributed by atoms with Crippen LogP contribution in [0.3, 0.4) is 0 Å². The van der Waals surface area contributed by atoms with Crippen molar-refractivity contribution in [1.82, 2.24) is 0 Å². The second-order valence-corrected chi connectivity index (χ2v) is 3.30. The van der Waals surface area contributed by atoms with E-state index in [1.54, 1.807) is 6.08 Å². The first kappa shape index (κ1) is 10.2. The summed E-state index contributed by atoms with van der Waals surface area (Å²) in [5, 5.41) is 9.60. The van der Waals surface area contributed by atoms with Crippen LogP contribution in [0.25, 0.3) is 0 Å². The molecule has 0 radical (unpaired) electrons. The smallest absolute Gasteiger partial charge is 0.328 e. The Morgan fingerprint density at radius 1 is 1.77 bits per heavy atom. The normalized spacial score (nSPS) is 33.9. The van der Waals surface area contributed by atoms with E-state index in [1.165, 1.54) is 7.11 Å². The fourth-order valence-corrected chi connectivity index (χ4v) is 1.47. The Hall–Kier alpha value is -0.870. The molecule has 0 fully saturated rings. The quantitative estimate of drug-likeness (QED) is 0.444. The minimum atomic E-state index is -1.26. The number of aliphatic hydroxyl groups excluding tert-OH is 1. The van der Waals surface area contributed by atoms with E-state index in [1.807, 2.05) is 6.08 Å². The molecule has 0 heterocycles. The van der Waals surface area contributed by atoms with Gasteiger partial charge in [-0.3, -0.25) is 0 Å². The third-order valence-corrected chi connectivity index (χ3v) is 2.37. The van der Waals surface area contributed by atoms with Crippen LogP contribution in [0.2, 0.25) is 0 Å². The van der Waals surface area contributed by atoms with E-state index in [2.05, 4.69) is 4.74 Å². The molecule has 0 aromatic carbocycles. The monoisotopic (exact) mass is 185 g/mol. The average molecular weight is 185 g/mol. The molecule has 0 bridgehead atoms. The molecule has 1 aliphatic carbocycles. The van der Waals surface area contributed by atoms with Crippen LogP contribution >= 0.6 is 0 Å². The first-order chi connectivity index (χ1) is 6.11. The highest BCUT2D eigenvalue weighted by Crippen LogP contribution is 2.22. The molecule has 1 aliphatic rings. The predicted molar refractivity (Wildman–Crippen MR) is 47.9 cm³/mol. The Morgan fingerprint density at radius 2 is 2.46 bits per heavy atom. The largest absolute Gasteiger partial charge is 0.468 e. The molecule has 4 nitrogen and oxygen atoms in total. The Kier molecular flexibility index (Phi) is 3.06. The van der Waals surface area contributed by atoms with Crippen molar-refractivity contribution < 1.29 is 14.6 Å². The van der Waals surface area contributed by atoms with Crippen molar-refractivity contribution in [1.29, 1.82) is 0 Å². The summed E-state index contributed by atoms with van der Waals surface area (Å²) in [6.07, 6.45) is 4.54. The number of carbonyl (C=O) groups is 1. The summed E-state index contributed by atoms with van der Waals surface area (Å²) >= 11 is 0. The number of ether oxygens (including phenoxy) is 1. The second-order valence-electron chi connectivity index (χ2n) is 3.30. The van der Waals surface area contributed by atoms with Gasteiger partial charge in [0.05, 0.1) is 7.11 Å². The van der Waals surface area contributed by atoms with Crippen LogP contribution in [0, 0.1) is 0 Å². The van der Waals surface area contributed by atoms with E-state index in [0.717, 1.165) is 12.8 Å². The van der Waals surface area contributed by atoms with Crippen LogP contribution in [-0.2, 0) is 9.53 Å². The number of rotatable bonds is 1. The van der Waals surface area contributed by atoms with Crippen LogP contribution in [0.1, 0.15) is 19.3 Å². The summed E-state index contributed by atoms with van der Waals surface area (Å²) < 4.78 is 4.56. The zero-order valence-electron chi connectivity index (χ0n) is 7.69. The average Bonchev–Trinajstić information content (AvgIpc) is 2.29. The Morgan fingerprint density at radius 3 is 3.08 bits per heavy atom. The standard InChI is InChI=1S/C9H15NO3/c1-13-8(12)9(10)6-4-2-3-5-7(9)11/h3,5,7,11H,2,4,6,10H2,1H3. The number of nitrogens with two attached hydrogens (primary N) is 1. The maximum Gasteiger partial charge on any atom is 0.328 e. The Labute approximate surface area is 77.4 Å². The highest BCUT2D eigenvalue weighted by Gasteiger charge is 2.41. The lowest BCUT2D eigenvalue weighted by Gasteiger charge is -2.28. The van der Waals surface area contributed by atoms with E-state index in [-0.39, 0.29) is 0 Å². The summed E-state index contributed by atoms with van der Waals surface area (Å²) in [6, 6.07) is 0. The first-order valence-corrected chi connectivity index (χ1v) is 4.33. The Bertz CT molecular complexity index is 227. The number of carbonyl (C=O) groups excluding carboxylic acids is 1. The molecule has 0 spiro atoms. The molecule has 13 heavy (non-hydrogen) atoms. The topological polar surface area (TPSA) is 72.5 Å². The van der Waals surface area contributed by atoms with Gasteiger partial charge in [-0.05, 0) is 19.3 Å². The van der Waals surface area contributed by atoms with E-state index in [4.69, 9.17) is 5.73 Å². The van der Waals surface area contributed by atoms with E-state index < -0.39 is 17.6 Å². The van der Waals surface area contributed by atoms with Crippen molar-refractivity contribution in [2.45, 2.75) is 30.9 Å². The molecule has 74 valence electrons. The number of aliphatic hydroxyl groups is 1. The van der Waals surface area contributed by atoms with Gasteiger partial charge in [0.15, 0.2) is 0 Å². The first-order valence-electron chi connectivity index (χ1n) is 4.33. The number of allylic oxidation sites excluding steroid dienone is 1. The van der Waals surface area contributed by atoms with Gasteiger partial charge in [-0.2, -0.15) is 0 Å². The van der Waals surface area contributed by atoms with E-state index in [0.29, 0.717) is 6.42 Å². The SMILES string of the molecule is COC(=O)C1(N)CCCC=CC1O. The van der Waals surface area contributed by atoms with Crippen LogP contribution < -0.4 is 5.73 Å². The van der Waals surface area contributed by atoms with Gasteiger partial charge >= 0.3 is 5.97 Å². The van der Waals surface area contributed by atoms with Crippen LogP contribution in [0.15, 0.2) is 12.2 Å². The molecule has 1 rings (SSSR count). The van der Waals surface area contributed by atoms with Crippen molar-refractivity contribution in [3.63, 3.8) is 0 Å². The molecular formula is C9H15NO3. The summed E-state index contributed by atoms with van der Waals surface area (Å²) in [5.74, 6) is -0.549. The van der Waals surface area contributed by atoms with Crippen molar-refractivity contribution in [2.75, 3.05) is 7.11 Å². The maximum atomic E-state index is 11.3. The summed E-state index contributed by atoms with van der Waals surface area (Å²) in [6.45, 7) is 0. The van der Waals surface area contributed by atoms with Gasteiger partial charge in [0.2, 0.25) is 0 Å². The fourth-order valence-electron chi connectivity index (χ4n) is 1.47. The lowest BCUT2D eigenvalue weighted by molar-refractivity contribution is -0.150. The van der Waals surface area contributed by atoms with Crippen molar-refractivity contribution in [3.05, 3.63) is 12.2 Å². The third-order valence-electron chi connectivity index (χ3n) is 2.37. The van der Waals surface area contributed by atoms with Gasteiger partial charge < -0.3 is 15.6 Å². The fraction of sp³-hybridized carbons (Fsp3) is 0.667. The summed E-state index contributed by atoms with van der Waals surface area (Å²) in [4.78, 5) is 11.3. The van der Waals surface area contributed by atoms with Gasteiger partial charge in [0.25, 0.3) is 0 Å². The zero-order chi connectivity index (χ0) is 9.90. The number of esters is 1. The minimum absolute atomic E-state index is 0.452. The van der Waals surface area contributed by atoms with Gasteiger partial charge in [-0.1, -0.05) is 12.2 Å². The summed E-state index contributed by atoms with van der Waals surface area (Å²) in [7, 11) is 1.28. The molecule has 2 atom stereocenters. The van der Waals surface area contributed by atoms with Crippen molar-refractivity contribution >= 4 is 5.97 Å². The number of methoxy groups -OCH3 is 1. The van der Waals surface area contributed by atoms with Crippen LogP contribution in [-0.4, -0.2) is 29.8 Å². The molecule has 0 aliphatic heterocycles. The van der Waals surface area contributed by atoms with Gasteiger partial charge in [-0.25, -0.2) is 4.79 Å². The molecule has 0 aromatic rings. The number of hydrogen-bond donors (Lipinski definition) is 2. The second kappa shape index (κ2) is 3.89. The van der Waals surface area contributed by atoms with Crippen LogP contribution in [0.5, 0.6) is 0 Å². The zero-order valence-corrected chi connectivity index (χ0v) is 7.69. The van der Waals surface area contributed by atoms with Gasteiger partial charge in [0.1, 0.15) is 11.6 Å². The predicted octanol–water partition coefficient (Wildman–Crippen LogP) is -0.0421. The van der Waals surface area contributed by atoms with Gasteiger partial charge in [-0.15, -0.1) is 0 Å². The third kappa shape index (κ3) is 1.89. The molecule has 0 amide bonds. The lowest BCUT2D eigenvalue weighted by Crippen LogP contribution is -2.56. The molecule has 4 heteroatoms. The van der Waals surface area contributed by atoms with Crippen molar-refractivity contribution in [3.8, 4) is 0 Å². The highest BCUT2D eigenvalue weighted by atomic mass is 16.5. The van der Waals surface area contributed by atoms with Crippen LogP contribution in [0.4, 0.5) is 0 Å². The number of hydrogen-bond acceptors (Lipinski definition) is 4. The van der Waals surface area contributed by atoms with Crippen molar-refractivity contribution in [2.24, 2.45) is 5.73 Å². The molecule has 0 aromatic heterocycles. The van der Waals surface area contributed by atoms with E-state index in [9.17, 15) is 9.90 Å². The highest BCUT2D eigenvalue weighted by molar-refractivity contribution is 5.81.